The van der Waals surface area contributed by atoms with E-state index < -0.39 is 0 Å². The molecular formula is C9H16N3+. The largest absolute Gasteiger partial charge is 0.330 e. The van der Waals surface area contributed by atoms with Crippen LogP contribution >= 0.6 is 0 Å². The molecule has 0 unspecified atom stereocenters. The van der Waals surface area contributed by atoms with Crippen LogP contribution in [0.25, 0.3) is 0 Å². The second-order valence-corrected chi connectivity index (χ2v) is 2.74. The van der Waals surface area contributed by atoms with E-state index in [9.17, 15) is 0 Å². The molecule has 0 amide bonds. The average Bonchev–Trinajstić information content (AvgIpc) is 2.50. The van der Waals surface area contributed by atoms with Gasteiger partial charge in [0.05, 0.1) is 13.0 Å². The number of nitrogens with zero attached hydrogens (tertiary/aromatic N) is 1. The van der Waals surface area contributed by atoms with Crippen molar-refractivity contribution in [2.24, 2.45) is 5.73 Å². The third-order valence-corrected chi connectivity index (χ3v) is 1.79. The van der Waals surface area contributed by atoms with Gasteiger partial charge in [-0.15, -0.1) is 6.58 Å². The van der Waals surface area contributed by atoms with Crippen LogP contribution in [0.4, 0.5) is 0 Å². The number of aromatic amines is 1. The molecule has 0 atom stereocenters. The quantitative estimate of drug-likeness (QED) is 0.482. The number of aromatic nitrogens is 2. The average molecular weight is 166 g/mol. The minimum Gasteiger partial charge on any atom is -0.330 e. The molecule has 1 rings (SSSR count). The first-order valence-corrected chi connectivity index (χ1v) is 4.25. The van der Waals surface area contributed by atoms with Crippen molar-refractivity contribution in [3.63, 3.8) is 0 Å². The summed E-state index contributed by atoms with van der Waals surface area (Å²) in [6, 6.07) is 0. The molecular weight excluding hydrogens is 150 g/mol. The molecule has 66 valence electrons. The van der Waals surface area contributed by atoms with Crippen LogP contribution in [-0.4, -0.2) is 11.5 Å². The molecule has 0 saturated heterocycles. The summed E-state index contributed by atoms with van der Waals surface area (Å²) in [4.78, 5) is 3.17. The molecule has 0 bridgehead atoms. The Morgan fingerprint density at radius 1 is 1.67 bits per heavy atom. The summed E-state index contributed by atoms with van der Waals surface area (Å²) >= 11 is 0. The Balaban J connectivity index is 2.57. The molecule has 0 aromatic carbocycles. The highest BCUT2D eigenvalue weighted by Crippen LogP contribution is 1.89. The van der Waals surface area contributed by atoms with Crippen LogP contribution in [-0.2, 0) is 13.0 Å². The van der Waals surface area contributed by atoms with Crippen molar-refractivity contribution in [1.29, 1.82) is 0 Å². The zero-order valence-corrected chi connectivity index (χ0v) is 7.29. The van der Waals surface area contributed by atoms with Gasteiger partial charge in [0, 0.05) is 0 Å². The molecule has 1 heterocycles. The first-order chi connectivity index (χ1) is 5.88. The van der Waals surface area contributed by atoms with Gasteiger partial charge >= 0.3 is 0 Å². The number of H-pyrrole nitrogens is 1. The standard InChI is InChI=1S/C9H15N3/c1-2-4-9-11-6-8-12(9)7-3-5-10/h2,6,8H,1,3-5,7,10H2/p+1. The summed E-state index contributed by atoms with van der Waals surface area (Å²) in [5, 5.41) is 0. The summed E-state index contributed by atoms with van der Waals surface area (Å²) in [6.45, 7) is 5.43. The normalized spacial score (nSPS) is 10.1. The van der Waals surface area contributed by atoms with E-state index in [-0.39, 0.29) is 0 Å². The summed E-state index contributed by atoms with van der Waals surface area (Å²) in [5.74, 6) is 1.19. The van der Waals surface area contributed by atoms with Crippen LogP contribution in [0.5, 0.6) is 0 Å². The van der Waals surface area contributed by atoms with Crippen molar-refractivity contribution in [3.8, 4) is 0 Å². The van der Waals surface area contributed by atoms with E-state index in [4.69, 9.17) is 5.73 Å². The Morgan fingerprint density at radius 3 is 3.17 bits per heavy atom. The van der Waals surface area contributed by atoms with Crippen LogP contribution in [0.3, 0.4) is 0 Å². The first-order valence-electron chi connectivity index (χ1n) is 4.25. The van der Waals surface area contributed by atoms with Gasteiger partial charge in [0.25, 0.3) is 5.82 Å². The predicted molar refractivity (Wildman–Crippen MR) is 48.6 cm³/mol. The maximum Gasteiger partial charge on any atom is 0.258 e. The molecule has 12 heavy (non-hydrogen) atoms. The van der Waals surface area contributed by atoms with E-state index in [1.807, 2.05) is 18.5 Å². The number of hydrogen-bond acceptors (Lipinski definition) is 1. The predicted octanol–water partition coefficient (Wildman–Crippen LogP) is 0.380. The van der Waals surface area contributed by atoms with Gasteiger partial charge in [-0.2, -0.15) is 0 Å². The molecule has 1 aromatic rings. The summed E-state index contributed by atoms with van der Waals surface area (Å²) in [5.41, 5.74) is 5.43. The van der Waals surface area contributed by atoms with Gasteiger partial charge in [-0.05, 0) is 13.0 Å². The number of hydrogen-bond donors (Lipinski definition) is 2. The third kappa shape index (κ3) is 2.20. The molecule has 0 fully saturated rings. The number of nitrogens with one attached hydrogen (secondary N) is 1. The van der Waals surface area contributed by atoms with Gasteiger partial charge in [-0.3, -0.25) is 0 Å². The number of imidazole rings is 1. The smallest absolute Gasteiger partial charge is 0.258 e. The molecule has 0 aliphatic carbocycles. The number of allylic oxidation sites excluding steroid dienone is 1. The van der Waals surface area contributed by atoms with Gasteiger partial charge in [0.15, 0.2) is 0 Å². The third-order valence-electron chi connectivity index (χ3n) is 1.79. The van der Waals surface area contributed by atoms with Crippen molar-refractivity contribution in [2.75, 3.05) is 6.54 Å². The fraction of sp³-hybridized carbons (Fsp3) is 0.444. The van der Waals surface area contributed by atoms with E-state index in [1.165, 1.54) is 5.82 Å². The van der Waals surface area contributed by atoms with Crippen molar-refractivity contribution >= 4 is 0 Å². The Bertz CT molecular complexity index is 240. The number of rotatable bonds is 5. The number of aryl methyl sites for hydroxylation is 1. The SMILES string of the molecule is C=CCc1[nH]cc[n+]1CCCN. The Labute approximate surface area is 72.9 Å². The molecule has 0 saturated carbocycles. The van der Waals surface area contributed by atoms with Gasteiger partial charge in [-0.25, -0.2) is 9.55 Å². The van der Waals surface area contributed by atoms with Gasteiger partial charge < -0.3 is 5.73 Å². The lowest BCUT2D eigenvalue weighted by molar-refractivity contribution is -0.702. The second kappa shape index (κ2) is 4.72. The maximum absolute atomic E-state index is 5.43. The monoisotopic (exact) mass is 166 g/mol. The minimum atomic E-state index is 0.742. The molecule has 0 radical (unpaired) electrons. The molecule has 3 nitrogen and oxygen atoms in total. The summed E-state index contributed by atoms with van der Waals surface area (Å²) in [6.07, 6.45) is 7.78. The highest BCUT2D eigenvalue weighted by atomic mass is 15.1. The van der Waals surface area contributed by atoms with Gasteiger partial charge in [-0.1, -0.05) is 6.08 Å². The molecule has 1 aromatic heterocycles. The Kier molecular flexibility index (Phi) is 3.54. The van der Waals surface area contributed by atoms with Crippen LogP contribution in [0.15, 0.2) is 25.0 Å². The van der Waals surface area contributed by atoms with Gasteiger partial charge in [0.2, 0.25) is 0 Å². The summed E-state index contributed by atoms with van der Waals surface area (Å²) in [7, 11) is 0. The van der Waals surface area contributed by atoms with Crippen molar-refractivity contribution in [1.82, 2.24) is 4.98 Å². The van der Waals surface area contributed by atoms with E-state index >= 15 is 0 Å². The fourth-order valence-corrected chi connectivity index (χ4v) is 1.18. The zero-order chi connectivity index (χ0) is 8.81. The molecule has 0 aliphatic rings. The lowest BCUT2D eigenvalue weighted by atomic mass is 10.3. The van der Waals surface area contributed by atoms with E-state index in [0.29, 0.717) is 0 Å². The molecule has 3 heteroatoms. The first kappa shape index (κ1) is 9.00. The minimum absolute atomic E-state index is 0.742. The van der Waals surface area contributed by atoms with Crippen molar-refractivity contribution in [2.45, 2.75) is 19.4 Å². The molecule has 0 spiro atoms. The molecule has 3 N–H and O–H groups in total. The Hall–Kier alpha value is -1.09. The van der Waals surface area contributed by atoms with Crippen LogP contribution < -0.4 is 10.3 Å². The fourth-order valence-electron chi connectivity index (χ4n) is 1.18. The van der Waals surface area contributed by atoms with Crippen LogP contribution in [0.1, 0.15) is 12.2 Å². The van der Waals surface area contributed by atoms with Crippen LogP contribution in [0.2, 0.25) is 0 Å². The van der Waals surface area contributed by atoms with E-state index in [1.54, 1.807) is 0 Å². The van der Waals surface area contributed by atoms with Gasteiger partial charge in [0.1, 0.15) is 12.4 Å². The topological polar surface area (TPSA) is 45.7 Å². The van der Waals surface area contributed by atoms with Crippen molar-refractivity contribution in [3.05, 3.63) is 30.9 Å². The zero-order valence-electron chi connectivity index (χ0n) is 7.29. The number of nitrogens with two attached hydrogens (primary N) is 1. The second-order valence-electron chi connectivity index (χ2n) is 2.74. The summed E-state index contributed by atoms with van der Waals surface area (Å²) < 4.78 is 2.18. The highest BCUT2D eigenvalue weighted by molar-refractivity contribution is 4.85. The lowest BCUT2D eigenvalue weighted by Crippen LogP contribution is -2.36. The molecule has 0 aliphatic heterocycles. The van der Waals surface area contributed by atoms with E-state index in [0.717, 1.165) is 25.9 Å². The van der Waals surface area contributed by atoms with E-state index in [2.05, 4.69) is 16.1 Å². The lowest BCUT2D eigenvalue weighted by Gasteiger charge is -1.96. The maximum atomic E-state index is 5.43. The van der Waals surface area contributed by atoms with Crippen molar-refractivity contribution < 1.29 is 4.57 Å². The van der Waals surface area contributed by atoms with Crippen LogP contribution in [0, 0.1) is 0 Å². The highest BCUT2D eigenvalue weighted by Gasteiger charge is 2.06. The Morgan fingerprint density at radius 2 is 2.50 bits per heavy atom.